The lowest BCUT2D eigenvalue weighted by Crippen LogP contribution is -2.52. The standard InChI is InChI=1S/C20H19Cl2N3O3/c21-13-9-14(22)11-15(10-13)25-19(27)12-17(20(25)28)24-7-5-23(6-8-24)16-3-1-2-4-18(16)26/h1-4,9-11,17,26H,5-8,12H2/t17-/m0/s1. The van der Waals surface area contributed by atoms with E-state index < -0.39 is 6.04 Å². The van der Waals surface area contributed by atoms with Gasteiger partial charge in [-0.05, 0) is 30.3 Å². The van der Waals surface area contributed by atoms with Crippen molar-refractivity contribution in [3.8, 4) is 5.75 Å². The summed E-state index contributed by atoms with van der Waals surface area (Å²) in [7, 11) is 0. The van der Waals surface area contributed by atoms with Gasteiger partial charge in [0.1, 0.15) is 5.75 Å². The zero-order valence-corrected chi connectivity index (χ0v) is 16.5. The Hall–Kier alpha value is -2.28. The van der Waals surface area contributed by atoms with E-state index in [1.165, 1.54) is 4.90 Å². The highest BCUT2D eigenvalue weighted by Gasteiger charge is 2.43. The van der Waals surface area contributed by atoms with E-state index in [1.807, 2.05) is 17.0 Å². The molecule has 2 saturated heterocycles. The van der Waals surface area contributed by atoms with Crippen molar-refractivity contribution in [3.63, 3.8) is 0 Å². The third-order valence-electron chi connectivity index (χ3n) is 5.21. The Morgan fingerprint density at radius 2 is 1.57 bits per heavy atom. The van der Waals surface area contributed by atoms with Crippen LogP contribution >= 0.6 is 23.2 Å². The average Bonchev–Trinajstić information content (AvgIpc) is 2.96. The second kappa shape index (κ2) is 7.62. The van der Waals surface area contributed by atoms with Crippen LogP contribution in [0.3, 0.4) is 0 Å². The molecule has 1 N–H and O–H groups in total. The van der Waals surface area contributed by atoms with E-state index in [-0.39, 0.29) is 24.0 Å². The lowest BCUT2D eigenvalue weighted by molar-refractivity contribution is -0.123. The van der Waals surface area contributed by atoms with Crippen molar-refractivity contribution in [2.24, 2.45) is 0 Å². The third-order valence-corrected chi connectivity index (χ3v) is 5.64. The number of amides is 2. The number of rotatable bonds is 3. The number of hydrogen-bond acceptors (Lipinski definition) is 5. The number of hydrogen-bond donors (Lipinski definition) is 1. The lowest BCUT2D eigenvalue weighted by Gasteiger charge is -2.38. The quantitative estimate of drug-likeness (QED) is 0.774. The highest BCUT2D eigenvalue weighted by atomic mass is 35.5. The smallest absolute Gasteiger partial charge is 0.251 e. The van der Waals surface area contributed by atoms with Crippen LogP contribution in [0.4, 0.5) is 11.4 Å². The maximum Gasteiger partial charge on any atom is 0.251 e. The number of phenolic OH excluding ortho intramolecular Hbond substituents is 1. The number of para-hydroxylation sites is 2. The van der Waals surface area contributed by atoms with Gasteiger partial charge >= 0.3 is 0 Å². The number of carbonyl (C=O) groups is 2. The first-order chi connectivity index (χ1) is 13.4. The Labute approximate surface area is 172 Å². The largest absolute Gasteiger partial charge is 0.506 e. The molecule has 2 aliphatic heterocycles. The number of anilines is 2. The summed E-state index contributed by atoms with van der Waals surface area (Å²) in [6.07, 6.45) is 0.138. The fourth-order valence-electron chi connectivity index (χ4n) is 3.85. The Morgan fingerprint density at radius 1 is 0.929 bits per heavy atom. The summed E-state index contributed by atoms with van der Waals surface area (Å²) in [4.78, 5) is 30.8. The predicted octanol–water partition coefficient (Wildman–Crippen LogP) is 3.15. The lowest BCUT2D eigenvalue weighted by atomic mass is 10.1. The molecule has 0 radical (unpaired) electrons. The molecule has 2 aromatic carbocycles. The van der Waals surface area contributed by atoms with Crippen molar-refractivity contribution < 1.29 is 14.7 Å². The molecule has 0 aromatic heterocycles. The average molecular weight is 420 g/mol. The van der Waals surface area contributed by atoms with Crippen LogP contribution in [0.1, 0.15) is 6.42 Å². The van der Waals surface area contributed by atoms with Gasteiger partial charge in [0.15, 0.2) is 0 Å². The molecule has 2 fully saturated rings. The number of halogens is 2. The second-order valence-electron chi connectivity index (χ2n) is 6.93. The molecule has 146 valence electrons. The van der Waals surface area contributed by atoms with Crippen LogP contribution in [0.2, 0.25) is 10.0 Å². The summed E-state index contributed by atoms with van der Waals surface area (Å²) in [5.74, 6) is -0.261. The number of nitrogens with zero attached hydrogens (tertiary/aromatic N) is 3. The third kappa shape index (κ3) is 3.55. The van der Waals surface area contributed by atoms with Crippen molar-refractivity contribution in [1.29, 1.82) is 0 Å². The molecule has 0 aliphatic carbocycles. The van der Waals surface area contributed by atoms with Crippen molar-refractivity contribution >= 4 is 46.4 Å². The van der Waals surface area contributed by atoms with Crippen LogP contribution in [-0.4, -0.2) is 54.0 Å². The molecule has 0 saturated carbocycles. The molecule has 4 rings (SSSR count). The van der Waals surface area contributed by atoms with E-state index in [2.05, 4.69) is 4.90 Å². The van der Waals surface area contributed by atoms with E-state index in [0.29, 0.717) is 41.9 Å². The molecule has 2 aliphatic rings. The van der Waals surface area contributed by atoms with Gasteiger partial charge in [0.2, 0.25) is 5.91 Å². The normalized spacial score (nSPS) is 20.9. The van der Waals surface area contributed by atoms with Crippen LogP contribution in [0.15, 0.2) is 42.5 Å². The first-order valence-electron chi connectivity index (χ1n) is 9.04. The summed E-state index contributed by atoms with van der Waals surface area (Å²) in [6, 6.07) is 11.4. The number of carbonyl (C=O) groups excluding carboxylic acids is 2. The fourth-order valence-corrected chi connectivity index (χ4v) is 4.36. The van der Waals surface area contributed by atoms with Gasteiger partial charge in [-0.15, -0.1) is 0 Å². The number of phenols is 1. The first-order valence-corrected chi connectivity index (χ1v) is 9.79. The Balaban J connectivity index is 1.47. The summed E-state index contributed by atoms with van der Waals surface area (Å²) < 4.78 is 0. The molecule has 28 heavy (non-hydrogen) atoms. The summed E-state index contributed by atoms with van der Waals surface area (Å²) >= 11 is 12.1. The molecule has 0 unspecified atom stereocenters. The highest BCUT2D eigenvalue weighted by Crippen LogP contribution is 2.32. The molecule has 6 nitrogen and oxygen atoms in total. The zero-order valence-electron chi connectivity index (χ0n) is 15.0. The molecule has 2 heterocycles. The Bertz CT molecular complexity index is 908. The number of imide groups is 1. The molecule has 2 amide bonds. The van der Waals surface area contributed by atoms with Gasteiger partial charge in [0.25, 0.3) is 5.91 Å². The molecule has 8 heteroatoms. The van der Waals surface area contributed by atoms with Crippen molar-refractivity contribution in [3.05, 3.63) is 52.5 Å². The Kier molecular flexibility index (Phi) is 5.19. The number of aromatic hydroxyl groups is 1. The summed E-state index contributed by atoms with van der Waals surface area (Å²) in [5, 5.41) is 10.8. The molecule has 0 spiro atoms. The number of piperazine rings is 1. The van der Waals surface area contributed by atoms with Gasteiger partial charge < -0.3 is 10.0 Å². The van der Waals surface area contributed by atoms with Crippen LogP contribution in [0.5, 0.6) is 5.75 Å². The van der Waals surface area contributed by atoms with Gasteiger partial charge in [-0.2, -0.15) is 0 Å². The van der Waals surface area contributed by atoms with Crippen molar-refractivity contribution in [1.82, 2.24) is 4.90 Å². The minimum atomic E-state index is -0.489. The Morgan fingerprint density at radius 3 is 2.21 bits per heavy atom. The molecule has 0 bridgehead atoms. The fraction of sp³-hybridized carbons (Fsp3) is 0.300. The first kappa shape index (κ1) is 19.1. The van der Waals surface area contributed by atoms with Gasteiger partial charge in [-0.1, -0.05) is 35.3 Å². The number of benzene rings is 2. The second-order valence-corrected chi connectivity index (χ2v) is 7.80. The summed E-state index contributed by atoms with van der Waals surface area (Å²) in [6.45, 7) is 2.58. The van der Waals surface area contributed by atoms with Gasteiger partial charge in [-0.3, -0.25) is 14.5 Å². The van der Waals surface area contributed by atoms with Crippen molar-refractivity contribution in [2.45, 2.75) is 12.5 Å². The van der Waals surface area contributed by atoms with E-state index in [9.17, 15) is 14.7 Å². The zero-order chi connectivity index (χ0) is 19.8. The molecular formula is C20H19Cl2N3O3. The van der Waals surface area contributed by atoms with Crippen LogP contribution in [-0.2, 0) is 9.59 Å². The molecular weight excluding hydrogens is 401 g/mol. The van der Waals surface area contributed by atoms with E-state index >= 15 is 0 Å². The van der Waals surface area contributed by atoms with E-state index in [4.69, 9.17) is 23.2 Å². The predicted molar refractivity (Wildman–Crippen MR) is 109 cm³/mol. The topological polar surface area (TPSA) is 64.1 Å². The van der Waals surface area contributed by atoms with E-state index in [0.717, 1.165) is 5.69 Å². The maximum atomic E-state index is 13.0. The van der Waals surface area contributed by atoms with E-state index in [1.54, 1.807) is 30.3 Å². The van der Waals surface area contributed by atoms with Crippen LogP contribution < -0.4 is 9.80 Å². The maximum absolute atomic E-state index is 13.0. The van der Waals surface area contributed by atoms with Gasteiger partial charge in [-0.25, -0.2) is 4.90 Å². The minimum absolute atomic E-state index is 0.138. The molecule has 2 aromatic rings. The van der Waals surface area contributed by atoms with Crippen LogP contribution in [0, 0.1) is 0 Å². The van der Waals surface area contributed by atoms with Gasteiger partial charge in [0.05, 0.1) is 23.8 Å². The monoisotopic (exact) mass is 419 g/mol. The minimum Gasteiger partial charge on any atom is -0.506 e. The SMILES string of the molecule is O=C1C[C@H](N2CCN(c3ccccc3O)CC2)C(=O)N1c1cc(Cl)cc(Cl)c1. The van der Waals surface area contributed by atoms with Gasteiger partial charge in [0, 0.05) is 36.2 Å². The summed E-state index contributed by atoms with van der Waals surface area (Å²) in [5.41, 5.74) is 1.19. The van der Waals surface area contributed by atoms with Crippen LogP contribution in [0.25, 0.3) is 0 Å². The highest BCUT2D eigenvalue weighted by molar-refractivity contribution is 6.35. The molecule has 1 atom stereocenters. The van der Waals surface area contributed by atoms with Crippen molar-refractivity contribution in [2.75, 3.05) is 36.0 Å².